The van der Waals surface area contributed by atoms with Crippen LogP contribution < -0.4 is 5.73 Å². The van der Waals surface area contributed by atoms with Crippen LogP contribution in [0, 0.1) is 0 Å². The Morgan fingerprint density at radius 2 is 2.20 bits per heavy atom. The lowest BCUT2D eigenvalue weighted by Gasteiger charge is -2.35. The predicted octanol–water partition coefficient (Wildman–Crippen LogP) is 0.656. The summed E-state index contributed by atoms with van der Waals surface area (Å²) in [6.45, 7) is 0.685. The van der Waals surface area contributed by atoms with Crippen LogP contribution in [0.5, 0.6) is 0 Å². The van der Waals surface area contributed by atoms with E-state index in [4.69, 9.17) is 5.73 Å². The molecule has 20 heavy (non-hydrogen) atoms. The molecule has 3 rings (SSSR count). The summed E-state index contributed by atoms with van der Waals surface area (Å²) in [5.74, 6) is 0. The minimum absolute atomic E-state index is 0.107. The van der Waals surface area contributed by atoms with Gasteiger partial charge in [0.1, 0.15) is 0 Å². The number of nitrogens with one attached hydrogen (secondary N) is 1. The topological polar surface area (TPSA) is 92.1 Å². The number of fused-ring (bicyclic) bond motifs is 1. The third-order valence-corrected chi connectivity index (χ3v) is 5.48. The van der Waals surface area contributed by atoms with Crippen molar-refractivity contribution in [3.63, 3.8) is 0 Å². The molecule has 6 nitrogen and oxygen atoms in total. The Labute approximate surface area is 117 Å². The van der Waals surface area contributed by atoms with Crippen LogP contribution in [-0.4, -0.2) is 35.8 Å². The van der Waals surface area contributed by atoms with Crippen molar-refractivity contribution in [2.75, 3.05) is 13.1 Å². The van der Waals surface area contributed by atoms with E-state index in [1.807, 2.05) is 24.3 Å². The van der Waals surface area contributed by atoms with Gasteiger partial charge in [-0.3, -0.25) is 0 Å². The summed E-state index contributed by atoms with van der Waals surface area (Å²) in [4.78, 5) is 6.45. The Balaban J connectivity index is 2.04. The molecule has 0 radical (unpaired) electrons. The first-order valence-corrected chi connectivity index (χ1v) is 7.86. The smallest absolute Gasteiger partial charge is 0.260 e. The van der Waals surface area contributed by atoms with Crippen LogP contribution in [0.15, 0.2) is 41.8 Å². The van der Waals surface area contributed by atoms with Crippen LogP contribution in [-0.2, 0) is 16.4 Å². The minimum Gasteiger partial charge on any atom is -0.335 e. The quantitative estimate of drug-likeness (QED) is 0.869. The molecule has 1 atom stereocenters. The van der Waals surface area contributed by atoms with Gasteiger partial charge in [-0.15, -0.1) is 0 Å². The molecule has 0 saturated heterocycles. The Bertz CT molecular complexity index is 697. The van der Waals surface area contributed by atoms with E-state index in [0.29, 0.717) is 13.0 Å². The molecule has 1 aliphatic heterocycles. The second-order valence-corrected chi connectivity index (χ2v) is 6.59. The summed E-state index contributed by atoms with van der Waals surface area (Å²) in [5, 5.41) is 0.107. The zero-order valence-corrected chi connectivity index (χ0v) is 11.7. The van der Waals surface area contributed by atoms with E-state index in [-0.39, 0.29) is 17.6 Å². The molecule has 7 heteroatoms. The fourth-order valence-electron chi connectivity index (χ4n) is 2.67. The average Bonchev–Trinajstić information content (AvgIpc) is 3.00. The SMILES string of the molecule is NCC1c2ccccc2CCN1S(=O)(=O)c1cnc[nH]1. The summed E-state index contributed by atoms with van der Waals surface area (Å²) in [7, 11) is -3.59. The van der Waals surface area contributed by atoms with Gasteiger partial charge in [0.2, 0.25) is 0 Å². The van der Waals surface area contributed by atoms with Crippen LogP contribution in [0.3, 0.4) is 0 Å². The summed E-state index contributed by atoms with van der Waals surface area (Å²) >= 11 is 0. The van der Waals surface area contributed by atoms with Crippen LogP contribution in [0.1, 0.15) is 17.2 Å². The van der Waals surface area contributed by atoms with Crippen LogP contribution in [0.2, 0.25) is 0 Å². The normalized spacial score (nSPS) is 19.8. The van der Waals surface area contributed by atoms with Gasteiger partial charge in [-0.1, -0.05) is 24.3 Å². The Hall–Kier alpha value is -1.70. The van der Waals surface area contributed by atoms with E-state index in [2.05, 4.69) is 9.97 Å². The molecule has 0 amide bonds. The molecule has 2 heterocycles. The number of H-pyrrole nitrogens is 1. The van der Waals surface area contributed by atoms with E-state index in [1.165, 1.54) is 22.4 Å². The molecule has 2 aromatic rings. The van der Waals surface area contributed by atoms with Crippen LogP contribution >= 0.6 is 0 Å². The van der Waals surface area contributed by atoms with Crippen LogP contribution in [0.4, 0.5) is 0 Å². The van der Waals surface area contributed by atoms with E-state index >= 15 is 0 Å². The number of aromatic nitrogens is 2. The molecule has 0 fully saturated rings. The Morgan fingerprint density at radius 1 is 1.40 bits per heavy atom. The van der Waals surface area contributed by atoms with Crippen molar-refractivity contribution in [1.82, 2.24) is 14.3 Å². The van der Waals surface area contributed by atoms with Gasteiger partial charge in [0.05, 0.1) is 18.6 Å². The molecule has 0 bridgehead atoms. The molecule has 1 aliphatic rings. The molecule has 1 aromatic carbocycles. The van der Waals surface area contributed by atoms with Gasteiger partial charge in [-0.2, -0.15) is 4.31 Å². The summed E-state index contributed by atoms with van der Waals surface area (Å²) in [6.07, 6.45) is 3.38. The zero-order valence-electron chi connectivity index (χ0n) is 10.9. The van der Waals surface area contributed by atoms with Crippen LogP contribution in [0.25, 0.3) is 0 Å². The third kappa shape index (κ3) is 2.04. The van der Waals surface area contributed by atoms with Crippen molar-refractivity contribution in [2.45, 2.75) is 17.5 Å². The molecule has 0 spiro atoms. The number of hydrogen-bond acceptors (Lipinski definition) is 4. The Kier molecular flexibility index (Phi) is 3.33. The molecular formula is C13H16N4O2S. The van der Waals surface area contributed by atoms with Gasteiger partial charge < -0.3 is 10.7 Å². The van der Waals surface area contributed by atoms with Gasteiger partial charge in [0, 0.05) is 13.1 Å². The van der Waals surface area contributed by atoms with Crippen molar-refractivity contribution in [2.24, 2.45) is 5.73 Å². The number of benzene rings is 1. The maximum absolute atomic E-state index is 12.6. The van der Waals surface area contributed by atoms with E-state index in [0.717, 1.165) is 5.56 Å². The second-order valence-electron chi connectivity index (χ2n) is 4.73. The van der Waals surface area contributed by atoms with Crippen molar-refractivity contribution in [1.29, 1.82) is 0 Å². The van der Waals surface area contributed by atoms with E-state index < -0.39 is 10.0 Å². The highest BCUT2D eigenvalue weighted by molar-refractivity contribution is 7.89. The summed E-state index contributed by atoms with van der Waals surface area (Å²) in [5.41, 5.74) is 7.98. The lowest BCUT2D eigenvalue weighted by molar-refractivity contribution is 0.312. The third-order valence-electron chi connectivity index (χ3n) is 3.65. The first-order chi connectivity index (χ1) is 9.64. The number of rotatable bonds is 3. The van der Waals surface area contributed by atoms with Gasteiger partial charge >= 0.3 is 0 Å². The summed E-state index contributed by atoms with van der Waals surface area (Å²) < 4.78 is 26.7. The number of nitrogens with two attached hydrogens (primary N) is 1. The number of nitrogens with zero attached hydrogens (tertiary/aromatic N) is 2. The monoisotopic (exact) mass is 292 g/mol. The number of aromatic amines is 1. The zero-order chi connectivity index (χ0) is 14.2. The van der Waals surface area contributed by atoms with Crippen molar-refractivity contribution in [3.8, 4) is 0 Å². The number of hydrogen-bond donors (Lipinski definition) is 2. The van der Waals surface area contributed by atoms with Gasteiger partial charge in [-0.25, -0.2) is 13.4 Å². The standard InChI is InChI=1S/C13H16N4O2S/c14-7-12-11-4-2-1-3-10(11)5-6-17(12)20(18,19)13-8-15-9-16-13/h1-4,8-9,12H,5-7,14H2,(H,15,16). The number of imidazole rings is 1. The second kappa shape index (κ2) is 5.01. The minimum atomic E-state index is -3.59. The maximum Gasteiger partial charge on any atom is 0.260 e. The fourth-order valence-corrected chi connectivity index (χ4v) is 4.19. The lowest BCUT2D eigenvalue weighted by Crippen LogP contribution is -2.43. The highest BCUT2D eigenvalue weighted by Gasteiger charge is 2.36. The largest absolute Gasteiger partial charge is 0.335 e. The lowest BCUT2D eigenvalue weighted by atomic mass is 9.94. The maximum atomic E-state index is 12.6. The first kappa shape index (κ1) is 13.3. The first-order valence-electron chi connectivity index (χ1n) is 6.42. The molecule has 0 saturated carbocycles. The fraction of sp³-hybridized carbons (Fsp3) is 0.308. The average molecular weight is 292 g/mol. The van der Waals surface area contributed by atoms with Gasteiger partial charge in [0.15, 0.2) is 5.03 Å². The highest BCUT2D eigenvalue weighted by atomic mass is 32.2. The molecule has 106 valence electrons. The van der Waals surface area contributed by atoms with Crippen molar-refractivity contribution in [3.05, 3.63) is 47.9 Å². The molecule has 1 aromatic heterocycles. The molecule has 3 N–H and O–H groups in total. The van der Waals surface area contributed by atoms with E-state index in [9.17, 15) is 8.42 Å². The van der Waals surface area contributed by atoms with Gasteiger partial charge in [-0.05, 0) is 17.5 Å². The predicted molar refractivity (Wildman–Crippen MR) is 74.4 cm³/mol. The van der Waals surface area contributed by atoms with E-state index in [1.54, 1.807) is 0 Å². The molecule has 0 aliphatic carbocycles. The number of sulfonamides is 1. The Morgan fingerprint density at radius 3 is 2.90 bits per heavy atom. The summed E-state index contributed by atoms with van der Waals surface area (Å²) in [6, 6.07) is 7.52. The van der Waals surface area contributed by atoms with Crippen molar-refractivity contribution >= 4 is 10.0 Å². The van der Waals surface area contributed by atoms with Crippen molar-refractivity contribution < 1.29 is 8.42 Å². The highest BCUT2D eigenvalue weighted by Crippen LogP contribution is 2.32. The molecule has 1 unspecified atom stereocenters. The van der Waals surface area contributed by atoms with Gasteiger partial charge in [0.25, 0.3) is 10.0 Å². The molecular weight excluding hydrogens is 276 g/mol.